The van der Waals surface area contributed by atoms with E-state index in [-0.39, 0.29) is 12.4 Å². The van der Waals surface area contributed by atoms with Gasteiger partial charge in [0.2, 0.25) is 0 Å². The van der Waals surface area contributed by atoms with Gasteiger partial charge in [0.1, 0.15) is 5.82 Å². The molecule has 0 unspecified atom stereocenters. The molecule has 0 aliphatic rings. The molecule has 1 aromatic heterocycles. The first-order valence-corrected chi connectivity index (χ1v) is 4.93. The Bertz CT molecular complexity index is 311. The van der Waals surface area contributed by atoms with Crippen molar-refractivity contribution in [2.45, 2.75) is 32.7 Å². The van der Waals surface area contributed by atoms with Crippen molar-refractivity contribution >= 4 is 5.97 Å². The number of hydrazine groups is 1. The fraction of sp³-hybridized carbons (Fsp3) is 0.556. The van der Waals surface area contributed by atoms with Gasteiger partial charge in [-0.15, -0.1) is 0 Å². The van der Waals surface area contributed by atoms with Crippen molar-refractivity contribution < 1.29 is 9.63 Å². The number of nitrogens with one attached hydrogen (secondary N) is 1. The number of carbonyl (C=O) groups excluding carboxylic acids is 1. The maximum absolute atomic E-state index is 11.0. The van der Waals surface area contributed by atoms with E-state index in [2.05, 4.69) is 16.7 Å². The predicted molar refractivity (Wildman–Crippen MR) is 54.3 cm³/mol. The highest BCUT2D eigenvalue weighted by Crippen LogP contribution is 2.02. The van der Waals surface area contributed by atoms with Crippen LogP contribution in [-0.2, 0) is 22.6 Å². The van der Waals surface area contributed by atoms with Gasteiger partial charge in [-0.05, 0) is 6.42 Å². The number of rotatable bonds is 6. The molecule has 1 heterocycles. The van der Waals surface area contributed by atoms with Gasteiger partial charge in [0.05, 0.1) is 6.42 Å². The zero-order valence-corrected chi connectivity index (χ0v) is 8.77. The summed E-state index contributed by atoms with van der Waals surface area (Å²) in [5.41, 5.74) is 1.86. The first kappa shape index (κ1) is 11.7. The van der Waals surface area contributed by atoms with Crippen molar-refractivity contribution in [3.8, 4) is 0 Å². The van der Waals surface area contributed by atoms with E-state index in [0.29, 0.717) is 6.54 Å². The summed E-state index contributed by atoms with van der Waals surface area (Å²) in [6, 6.07) is 0. The molecule has 0 spiro atoms. The van der Waals surface area contributed by atoms with Gasteiger partial charge in [0, 0.05) is 25.4 Å². The summed E-state index contributed by atoms with van der Waals surface area (Å²) >= 11 is 0. The largest absolute Gasteiger partial charge is 0.356 e. The van der Waals surface area contributed by atoms with Crippen LogP contribution in [0.5, 0.6) is 0 Å². The second-order valence-electron chi connectivity index (χ2n) is 3.13. The molecule has 0 aliphatic heterocycles. The van der Waals surface area contributed by atoms with E-state index in [1.54, 1.807) is 6.20 Å². The molecule has 0 fully saturated rings. The van der Waals surface area contributed by atoms with Crippen LogP contribution in [0.4, 0.5) is 0 Å². The summed E-state index contributed by atoms with van der Waals surface area (Å²) in [4.78, 5) is 19.6. The first-order valence-electron chi connectivity index (χ1n) is 4.93. The van der Waals surface area contributed by atoms with Crippen LogP contribution in [0.15, 0.2) is 12.4 Å². The fourth-order valence-corrected chi connectivity index (χ4v) is 1.32. The average Bonchev–Trinajstić information content (AvgIpc) is 2.64. The molecule has 1 rings (SSSR count). The van der Waals surface area contributed by atoms with Crippen LogP contribution in [0.25, 0.3) is 0 Å². The van der Waals surface area contributed by atoms with Crippen LogP contribution in [0.3, 0.4) is 0 Å². The summed E-state index contributed by atoms with van der Waals surface area (Å²) in [5, 5.41) is 0. The highest BCUT2D eigenvalue weighted by molar-refractivity contribution is 5.68. The number of aryl methyl sites for hydroxylation is 2. The maximum Gasteiger partial charge on any atom is 0.328 e. The summed E-state index contributed by atoms with van der Waals surface area (Å²) in [6.07, 6.45) is 5.81. The molecule has 1 aromatic rings. The Morgan fingerprint density at radius 2 is 2.53 bits per heavy atom. The Hall–Kier alpha value is -1.40. The second-order valence-corrected chi connectivity index (χ2v) is 3.13. The number of hydrogen-bond acceptors (Lipinski definition) is 5. The van der Waals surface area contributed by atoms with E-state index in [9.17, 15) is 4.79 Å². The lowest BCUT2D eigenvalue weighted by Crippen LogP contribution is -2.26. The molecule has 0 aliphatic carbocycles. The molecule has 0 amide bonds. The smallest absolute Gasteiger partial charge is 0.328 e. The highest BCUT2D eigenvalue weighted by Gasteiger charge is 2.05. The molecule has 15 heavy (non-hydrogen) atoms. The predicted octanol–water partition coefficient (Wildman–Crippen LogP) is 0.147. The van der Waals surface area contributed by atoms with Gasteiger partial charge in [-0.25, -0.2) is 10.8 Å². The number of imidazole rings is 1. The van der Waals surface area contributed by atoms with Crippen molar-refractivity contribution in [3.05, 3.63) is 18.2 Å². The number of nitrogens with two attached hydrogens (primary N) is 1. The zero-order valence-electron chi connectivity index (χ0n) is 8.77. The van der Waals surface area contributed by atoms with Gasteiger partial charge in [-0.1, -0.05) is 12.5 Å². The van der Waals surface area contributed by atoms with Crippen molar-refractivity contribution in [3.63, 3.8) is 0 Å². The van der Waals surface area contributed by atoms with Crippen LogP contribution < -0.4 is 11.4 Å². The Balaban J connectivity index is 2.42. The second kappa shape index (κ2) is 6.15. The Morgan fingerprint density at radius 3 is 3.20 bits per heavy atom. The van der Waals surface area contributed by atoms with Crippen molar-refractivity contribution in [1.82, 2.24) is 15.1 Å². The fourth-order valence-electron chi connectivity index (χ4n) is 1.32. The van der Waals surface area contributed by atoms with Gasteiger partial charge in [-0.2, -0.15) is 0 Å². The monoisotopic (exact) mass is 212 g/mol. The molecule has 0 radical (unpaired) electrons. The summed E-state index contributed by atoms with van der Waals surface area (Å²) in [7, 11) is 0. The highest BCUT2D eigenvalue weighted by atomic mass is 16.7. The van der Waals surface area contributed by atoms with E-state index in [1.165, 1.54) is 0 Å². The van der Waals surface area contributed by atoms with Gasteiger partial charge in [0.15, 0.2) is 0 Å². The van der Waals surface area contributed by atoms with E-state index in [1.807, 2.05) is 16.4 Å². The molecule has 3 N–H and O–H groups in total. The third kappa shape index (κ3) is 3.69. The molecular formula is C9H16N4O2. The molecular weight excluding hydrogens is 196 g/mol. The minimum Gasteiger partial charge on any atom is -0.356 e. The molecule has 0 saturated heterocycles. The number of hydrogen-bond donors (Lipinski definition) is 2. The number of carbonyl (C=O) groups is 1. The van der Waals surface area contributed by atoms with Crippen LogP contribution in [0.2, 0.25) is 0 Å². The Morgan fingerprint density at radius 1 is 1.73 bits per heavy atom. The minimum atomic E-state index is -0.381. The molecule has 6 heteroatoms. The van der Waals surface area contributed by atoms with Crippen LogP contribution in [0, 0.1) is 0 Å². The molecule has 0 aromatic carbocycles. The minimum absolute atomic E-state index is 0.275. The van der Waals surface area contributed by atoms with Crippen LogP contribution >= 0.6 is 0 Å². The maximum atomic E-state index is 11.0. The van der Waals surface area contributed by atoms with Crippen molar-refractivity contribution in [1.29, 1.82) is 0 Å². The van der Waals surface area contributed by atoms with Crippen LogP contribution in [0.1, 0.15) is 25.6 Å². The quantitative estimate of drug-likeness (QED) is 0.518. The van der Waals surface area contributed by atoms with Gasteiger partial charge in [0.25, 0.3) is 0 Å². The molecule has 0 atom stereocenters. The Labute approximate surface area is 88.3 Å². The lowest BCUT2D eigenvalue weighted by atomic mass is 10.3. The summed E-state index contributed by atoms with van der Waals surface area (Å²) < 4.78 is 1.95. The van der Waals surface area contributed by atoms with Crippen molar-refractivity contribution in [2.24, 2.45) is 5.84 Å². The molecule has 6 nitrogen and oxygen atoms in total. The van der Waals surface area contributed by atoms with E-state index < -0.39 is 0 Å². The third-order valence-corrected chi connectivity index (χ3v) is 2.00. The molecule has 0 saturated carbocycles. The topological polar surface area (TPSA) is 82.2 Å². The van der Waals surface area contributed by atoms with Gasteiger partial charge >= 0.3 is 5.97 Å². The lowest BCUT2D eigenvalue weighted by molar-refractivity contribution is -0.151. The SMILES string of the molecule is CCCc1nccn1CCC(=O)ONN. The number of nitrogens with zero attached hydrogens (tertiary/aromatic N) is 2. The van der Waals surface area contributed by atoms with E-state index in [0.717, 1.165) is 18.7 Å². The number of aromatic nitrogens is 2. The van der Waals surface area contributed by atoms with Gasteiger partial charge in [-0.3, -0.25) is 4.79 Å². The Kier molecular flexibility index (Phi) is 4.79. The van der Waals surface area contributed by atoms with Crippen molar-refractivity contribution in [2.75, 3.05) is 0 Å². The van der Waals surface area contributed by atoms with Crippen LogP contribution in [-0.4, -0.2) is 15.5 Å². The standard InChI is InChI=1S/C9H16N4O2/c1-2-3-8-11-5-7-13(8)6-4-9(14)15-12-10/h5,7,12H,2-4,6,10H2,1H3. The third-order valence-electron chi connectivity index (χ3n) is 2.00. The summed E-state index contributed by atoms with van der Waals surface area (Å²) in [6.45, 7) is 2.65. The normalized spacial score (nSPS) is 10.3. The van der Waals surface area contributed by atoms with E-state index in [4.69, 9.17) is 5.84 Å². The molecule has 84 valence electrons. The van der Waals surface area contributed by atoms with E-state index >= 15 is 0 Å². The summed E-state index contributed by atoms with van der Waals surface area (Å²) in [5.74, 6) is 5.45. The zero-order chi connectivity index (χ0) is 11.1. The van der Waals surface area contributed by atoms with Gasteiger partial charge < -0.3 is 9.40 Å². The first-order chi connectivity index (χ1) is 7.27. The lowest BCUT2D eigenvalue weighted by Gasteiger charge is -2.06. The molecule has 0 bridgehead atoms. The average molecular weight is 212 g/mol.